The minimum atomic E-state index is -0.472. The summed E-state index contributed by atoms with van der Waals surface area (Å²) in [4.78, 5) is 28.2. The van der Waals surface area contributed by atoms with Crippen LogP contribution in [-0.2, 0) is 20.7 Å². The van der Waals surface area contributed by atoms with Crippen molar-refractivity contribution in [3.63, 3.8) is 0 Å². The molecule has 8 heteroatoms. The van der Waals surface area contributed by atoms with Gasteiger partial charge in [0, 0.05) is 13.0 Å². The second-order valence-electron chi connectivity index (χ2n) is 5.35. The number of nitrogens with zero attached hydrogens (tertiary/aromatic N) is 2. The second-order valence-corrected chi connectivity index (χ2v) is 6.30. The number of hydrogen-bond donors (Lipinski definition) is 1. The Morgan fingerprint density at radius 1 is 1.43 bits per heavy atom. The van der Waals surface area contributed by atoms with E-state index in [0.717, 1.165) is 4.88 Å². The van der Waals surface area contributed by atoms with Gasteiger partial charge in [-0.15, -0.1) is 11.3 Å². The number of carbonyl (C=O) groups is 2. The van der Waals surface area contributed by atoms with E-state index >= 15 is 0 Å². The van der Waals surface area contributed by atoms with Gasteiger partial charge >= 0.3 is 5.97 Å². The lowest BCUT2D eigenvalue weighted by molar-refractivity contribution is -0.148. The summed E-state index contributed by atoms with van der Waals surface area (Å²) >= 11 is 1.51. The van der Waals surface area contributed by atoms with E-state index < -0.39 is 5.97 Å². The van der Waals surface area contributed by atoms with Crippen molar-refractivity contribution in [3.8, 4) is 10.7 Å². The maximum atomic E-state index is 11.6. The number of thiophene rings is 1. The van der Waals surface area contributed by atoms with E-state index in [4.69, 9.17) is 9.26 Å². The van der Waals surface area contributed by atoms with Crippen molar-refractivity contribution in [3.05, 3.63) is 23.4 Å². The Kier molecular flexibility index (Phi) is 6.28. The van der Waals surface area contributed by atoms with Crippen molar-refractivity contribution < 1.29 is 18.8 Å². The van der Waals surface area contributed by atoms with Gasteiger partial charge in [-0.05, 0) is 17.4 Å². The Morgan fingerprint density at radius 2 is 2.26 bits per heavy atom. The van der Waals surface area contributed by atoms with Crippen LogP contribution in [0.25, 0.3) is 10.7 Å². The van der Waals surface area contributed by atoms with Crippen molar-refractivity contribution in [2.45, 2.75) is 26.7 Å². The van der Waals surface area contributed by atoms with Crippen LogP contribution in [-0.4, -0.2) is 35.2 Å². The first-order chi connectivity index (χ1) is 11.0. The molecule has 0 unspecified atom stereocenters. The summed E-state index contributed by atoms with van der Waals surface area (Å²) in [7, 11) is 0. The van der Waals surface area contributed by atoms with Crippen molar-refractivity contribution in [2.24, 2.45) is 5.92 Å². The van der Waals surface area contributed by atoms with E-state index in [-0.39, 0.29) is 25.4 Å². The molecule has 0 spiro atoms. The van der Waals surface area contributed by atoms with Gasteiger partial charge in [0.15, 0.2) is 6.61 Å². The first kappa shape index (κ1) is 17.1. The SMILES string of the molecule is CC(C)CNC(=O)COC(=O)CCc1nc(-c2cccs2)no1. The molecule has 124 valence electrons. The maximum Gasteiger partial charge on any atom is 0.306 e. The van der Waals surface area contributed by atoms with Crippen LogP contribution in [0, 0.1) is 5.92 Å². The summed E-state index contributed by atoms with van der Waals surface area (Å²) in [6.07, 6.45) is 0.369. The molecule has 0 fully saturated rings. The van der Waals surface area contributed by atoms with Crippen LogP contribution in [0.1, 0.15) is 26.2 Å². The fraction of sp³-hybridized carbons (Fsp3) is 0.467. The number of aromatic nitrogens is 2. The zero-order chi connectivity index (χ0) is 16.7. The fourth-order valence-electron chi connectivity index (χ4n) is 1.66. The van der Waals surface area contributed by atoms with Crippen LogP contribution < -0.4 is 5.32 Å². The predicted octanol–water partition coefficient (Wildman–Crippen LogP) is 2.05. The van der Waals surface area contributed by atoms with Crippen LogP contribution in [0.15, 0.2) is 22.0 Å². The van der Waals surface area contributed by atoms with Crippen molar-refractivity contribution in [1.82, 2.24) is 15.5 Å². The number of amides is 1. The summed E-state index contributed by atoms with van der Waals surface area (Å²) in [5, 5.41) is 8.46. The molecule has 2 heterocycles. The Labute approximate surface area is 138 Å². The van der Waals surface area contributed by atoms with Gasteiger partial charge < -0.3 is 14.6 Å². The van der Waals surface area contributed by atoms with E-state index in [0.29, 0.717) is 24.2 Å². The Balaban J connectivity index is 1.69. The van der Waals surface area contributed by atoms with Crippen molar-refractivity contribution in [1.29, 1.82) is 0 Å². The summed E-state index contributed by atoms with van der Waals surface area (Å²) < 4.78 is 9.99. The third-order valence-electron chi connectivity index (χ3n) is 2.82. The Bertz CT molecular complexity index is 637. The van der Waals surface area contributed by atoms with E-state index in [1.54, 1.807) is 0 Å². The minimum Gasteiger partial charge on any atom is -0.456 e. The fourth-order valence-corrected chi connectivity index (χ4v) is 2.31. The van der Waals surface area contributed by atoms with Crippen LogP contribution >= 0.6 is 11.3 Å². The van der Waals surface area contributed by atoms with E-state index in [1.807, 2.05) is 31.4 Å². The van der Waals surface area contributed by atoms with Gasteiger partial charge in [-0.25, -0.2) is 0 Å². The molecule has 2 aromatic heterocycles. The quantitative estimate of drug-likeness (QED) is 0.741. The first-order valence-electron chi connectivity index (χ1n) is 7.33. The molecule has 1 N–H and O–H groups in total. The highest BCUT2D eigenvalue weighted by Crippen LogP contribution is 2.21. The Hall–Kier alpha value is -2.22. The third-order valence-corrected chi connectivity index (χ3v) is 3.69. The molecular formula is C15H19N3O4S. The van der Waals surface area contributed by atoms with E-state index in [9.17, 15) is 9.59 Å². The molecule has 0 aromatic carbocycles. The highest BCUT2D eigenvalue weighted by Gasteiger charge is 2.13. The number of carbonyl (C=O) groups excluding carboxylic acids is 2. The number of nitrogens with one attached hydrogen (secondary N) is 1. The second kappa shape index (κ2) is 8.42. The minimum absolute atomic E-state index is 0.0868. The van der Waals surface area contributed by atoms with Gasteiger partial charge in [0.05, 0.1) is 11.3 Å². The van der Waals surface area contributed by atoms with Gasteiger partial charge in [0.2, 0.25) is 11.7 Å². The molecule has 0 aliphatic rings. The smallest absolute Gasteiger partial charge is 0.306 e. The van der Waals surface area contributed by atoms with E-state index in [2.05, 4.69) is 15.5 Å². The average Bonchev–Trinajstić information content (AvgIpc) is 3.19. The normalized spacial score (nSPS) is 10.7. The van der Waals surface area contributed by atoms with Crippen LogP contribution in [0.4, 0.5) is 0 Å². The molecule has 0 saturated carbocycles. The maximum absolute atomic E-state index is 11.6. The molecule has 0 radical (unpaired) electrons. The van der Waals surface area contributed by atoms with Crippen LogP contribution in [0.3, 0.4) is 0 Å². The zero-order valence-electron chi connectivity index (χ0n) is 13.1. The van der Waals surface area contributed by atoms with Gasteiger partial charge in [0.1, 0.15) is 0 Å². The van der Waals surface area contributed by atoms with Crippen molar-refractivity contribution >= 4 is 23.2 Å². The largest absolute Gasteiger partial charge is 0.456 e. The first-order valence-corrected chi connectivity index (χ1v) is 8.21. The van der Waals surface area contributed by atoms with Gasteiger partial charge in [-0.1, -0.05) is 25.1 Å². The predicted molar refractivity (Wildman–Crippen MR) is 84.7 cm³/mol. The molecule has 2 rings (SSSR count). The molecule has 0 bridgehead atoms. The number of hydrogen-bond acceptors (Lipinski definition) is 7. The van der Waals surface area contributed by atoms with Gasteiger partial charge in [-0.3, -0.25) is 9.59 Å². The molecule has 2 aromatic rings. The number of rotatable bonds is 8. The van der Waals surface area contributed by atoms with Crippen LogP contribution in [0.5, 0.6) is 0 Å². The lowest BCUT2D eigenvalue weighted by atomic mass is 10.2. The highest BCUT2D eigenvalue weighted by molar-refractivity contribution is 7.13. The average molecular weight is 337 g/mol. The molecule has 0 aliphatic carbocycles. The molecule has 0 atom stereocenters. The summed E-state index contributed by atoms with van der Waals surface area (Å²) in [5.74, 6) is 0.459. The zero-order valence-corrected chi connectivity index (χ0v) is 13.9. The summed E-state index contributed by atoms with van der Waals surface area (Å²) in [5.41, 5.74) is 0. The van der Waals surface area contributed by atoms with E-state index in [1.165, 1.54) is 11.3 Å². The lowest BCUT2D eigenvalue weighted by Crippen LogP contribution is -2.31. The summed E-state index contributed by atoms with van der Waals surface area (Å²) in [6, 6.07) is 3.79. The van der Waals surface area contributed by atoms with Crippen molar-refractivity contribution in [2.75, 3.05) is 13.2 Å². The molecular weight excluding hydrogens is 318 g/mol. The molecule has 23 heavy (non-hydrogen) atoms. The van der Waals surface area contributed by atoms with Gasteiger partial charge in [-0.2, -0.15) is 4.98 Å². The number of aryl methyl sites for hydroxylation is 1. The molecule has 7 nitrogen and oxygen atoms in total. The number of esters is 1. The summed E-state index contributed by atoms with van der Waals surface area (Å²) in [6.45, 7) is 4.27. The lowest BCUT2D eigenvalue weighted by Gasteiger charge is -2.07. The Morgan fingerprint density at radius 3 is 2.96 bits per heavy atom. The molecule has 1 amide bonds. The monoisotopic (exact) mass is 337 g/mol. The highest BCUT2D eigenvalue weighted by atomic mass is 32.1. The number of ether oxygens (including phenoxy) is 1. The molecule has 0 aliphatic heterocycles. The third kappa shape index (κ3) is 5.82. The van der Waals surface area contributed by atoms with Crippen LogP contribution in [0.2, 0.25) is 0 Å². The topological polar surface area (TPSA) is 94.3 Å². The van der Waals surface area contributed by atoms with Gasteiger partial charge in [0.25, 0.3) is 5.91 Å². The molecule has 0 saturated heterocycles. The standard InChI is InChI=1S/C15H19N3O4S/c1-10(2)8-16-12(19)9-21-14(20)6-5-13-17-15(18-22-13)11-4-3-7-23-11/h3-4,7,10H,5-6,8-9H2,1-2H3,(H,16,19).